The Kier molecular flexibility index (Phi) is 2.60. The number of halogens is 5. The normalized spacial score (nSPS) is 11.4. The summed E-state index contributed by atoms with van der Waals surface area (Å²) in [6, 6.07) is 6.28. The zero-order valence-corrected chi connectivity index (χ0v) is 9.90. The molecule has 3 rings (SSSR count). The average Bonchev–Trinajstić information content (AvgIpc) is 2.43. The number of rotatable bonds is 0. The van der Waals surface area contributed by atoms with Crippen molar-refractivity contribution in [2.45, 2.75) is 0 Å². The number of benzene rings is 2. The first-order valence-electron chi connectivity index (χ1n) is 5.22. The first-order valence-corrected chi connectivity index (χ1v) is 5.60. The molecule has 0 amide bonds. The van der Waals surface area contributed by atoms with Gasteiger partial charge in [-0.3, -0.25) is 0 Å². The summed E-state index contributed by atoms with van der Waals surface area (Å²) in [4.78, 5) is 3.79. The second kappa shape index (κ2) is 4.06. The van der Waals surface area contributed by atoms with E-state index in [0.29, 0.717) is 5.39 Å². The molecule has 0 bridgehead atoms. The van der Waals surface area contributed by atoms with Crippen molar-refractivity contribution in [1.82, 2.24) is 4.98 Å². The lowest BCUT2D eigenvalue weighted by atomic mass is 10.1. The van der Waals surface area contributed by atoms with Crippen LogP contribution in [0.2, 0.25) is 5.02 Å². The van der Waals surface area contributed by atoms with Gasteiger partial charge in [-0.1, -0.05) is 29.8 Å². The Morgan fingerprint density at radius 1 is 0.842 bits per heavy atom. The lowest BCUT2D eigenvalue weighted by molar-refractivity contribution is 0.417. The summed E-state index contributed by atoms with van der Waals surface area (Å²) >= 11 is 5.94. The van der Waals surface area contributed by atoms with Crippen LogP contribution in [-0.2, 0) is 0 Å². The van der Waals surface area contributed by atoms with E-state index in [2.05, 4.69) is 4.98 Å². The van der Waals surface area contributed by atoms with E-state index in [0.717, 1.165) is 0 Å². The molecule has 3 aromatic rings. The van der Waals surface area contributed by atoms with E-state index in [-0.39, 0.29) is 10.5 Å². The van der Waals surface area contributed by atoms with Gasteiger partial charge in [-0.25, -0.2) is 22.5 Å². The molecule has 0 N–H and O–H groups in total. The van der Waals surface area contributed by atoms with Crippen LogP contribution >= 0.6 is 11.6 Å². The van der Waals surface area contributed by atoms with Gasteiger partial charge in [0.2, 0.25) is 0 Å². The Balaban J connectivity index is 2.66. The van der Waals surface area contributed by atoms with Crippen molar-refractivity contribution in [3.05, 3.63) is 52.6 Å². The molecular formula is C13H4ClF4N. The molecule has 0 aliphatic heterocycles. The molecule has 0 aliphatic rings. The van der Waals surface area contributed by atoms with Crippen LogP contribution in [0.3, 0.4) is 0 Å². The fraction of sp³-hybridized carbons (Fsp3) is 0. The van der Waals surface area contributed by atoms with Crippen molar-refractivity contribution >= 4 is 33.4 Å². The number of pyridine rings is 1. The minimum atomic E-state index is -1.90. The Hall–Kier alpha value is -1.88. The van der Waals surface area contributed by atoms with Crippen molar-refractivity contribution in [3.8, 4) is 0 Å². The van der Waals surface area contributed by atoms with E-state index in [1.165, 1.54) is 12.1 Å². The Bertz CT molecular complexity index is 832. The van der Waals surface area contributed by atoms with Crippen LogP contribution in [0.15, 0.2) is 24.3 Å². The maximum Gasteiger partial charge on any atom is 0.199 e. The fourth-order valence-electron chi connectivity index (χ4n) is 1.94. The molecule has 1 heterocycles. The molecule has 0 unspecified atom stereocenters. The molecule has 0 fully saturated rings. The van der Waals surface area contributed by atoms with E-state index < -0.39 is 34.2 Å². The average molecular weight is 286 g/mol. The Labute approximate surface area is 109 Å². The molecule has 0 atom stereocenters. The number of nitrogens with zero attached hydrogens (tertiary/aromatic N) is 1. The maximum atomic E-state index is 13.7. The number of aromatic nitrogens is 1. The molecule has 0 radical (unpaired) electrons. The molecule has 2 aromatic carbocycles. The molecular weight excluding hydrogens is 282 g/mol. The van der Waals surface area contributed by atoms with Gasteiger partial charge in [-0.2, -0.15) is 0 Å². The van der Waals surface area contributed by atoms with Crippen LogP contribution in [0.25, 0.3) is 21.8 Å². The maximum absolute atomic E-state index is 13.7. The molecule has 1 nitrogen and oxygen atoms in total. The van der Waals surface area contributed by atoms with Gasteiger partial charge in [0, 0.05) is 5.39 Å². The molecule has 19 heavy (non-hydrogen) atoms. The van der Waals surface area contributed by atoms with E-state index in [9.17, 15) is 17.6 Å². The summed E-state index contributed by atoms with van der Waals surface area (Å²) in [6.45, 7) is 0. The van der Waals surface area contributed by atoms with E-state index in [1.807, 2.05) is 0 Å². The lowest BCUT2D eigenvalue weighted by Gasteiger charge is -2.08. The van der Waals surface area contributed by atoms with Crippen LogP contribution in [0.1, 0.15) is 0 Å². The van der Waals surface area contributed by atoms with Gasteiger partial charge >= 0.3 is 0 Å². The predicted molar refractivity (Wildman–Crippen MR) is 64.1 cm³/mol. The van der Waals surface area contributed by atoms with Crippen LogP contribution in [0.5, 0.6) is 0 Å². The van der Waals surface area contributed by atoms with Gasteiger partial charge in [0.15, 0.2) is 23.3 Å². The quantitative estimate of drug-likeness (QED) is 0.255. The van der Waals surface area contributed by atoms with Crippen LogP contribution in [-0.4, -0.2) is 4.98 Å². The zero-order valence-electron chi connectivity index (χ0n) is 9.15. The number of hydrogen-bond donors (Lipinski definition) is 0. The summed E-state index contributed by atoms with van der Waals surface area (Å²) < 4.78 is 53.8. The van der Waals surface area contributed by atoms with Crippen molar-refractivity contribution in [2.75, 3.05) is 0 Å². The molecule has 1 aromatic heterocycles. The predicted octanol–water partition coefficient (Wildman–Crippen LogP) is 4.60. The van der Waals surface area contributed by atoms with Crippen molar-refractivity contribution < 1.29 is 17.6 Å². The monoisotopic (exact) mass is 285 g/mol. The number of hydrogen-bond acceptors (Lipinski definition) is 1. The van der Waals surface area contributed by atoms with Gasteiger partial charge in [0.1, 0.15) is 5.52 Å². The first kappa shape index (κ1) is 12.2. The standard InChI is InChI=1S/C13H4ClF4N/c14-8-5-3-1-2-4-6(5)19-13-7(8)9(15)10(16)11(17)12(13)18/h1-4H. The molecule has 0 spiro atoms. The second-order valence-corrected chi connectivity index (χ2v) is 4.30. The Morgan fingerprint density at radius 2 is 1.47 bits per heavy atom. The van der Waals surface area contributed by atoms with Crippen molar-refractivity contribution in [2.24, 2.45) is 0 Å². The molecule has 0 saturated carbocycles. The molecule has 0 saturated heterocycles. The van der Waals surface area contributed by atoms with Gasteiger partial charge in [-0.05, 0) is 6.07 Å². The minimum Gasteiger partial charge on any atom is -0.244 e. The van der Waals surface area contributed by atoms with E-state index >= 15 is 0 Å². The summed E-state index contributed by atoms with van der Waals surface area (Å²) in [5, 5.41) is -0.423. The summed E-state index contributed by atoms with van der Waals surface area (Å²) in [7, 11) is 0. The van der Waals surface area contributed by atoms with Gasteiger partial charge < -0.3 is 0 Å². The second-order valence-electron chi connectivity index (χ2n) is 3.92. The summed E-state index contributed by atoms with van der Waals surface area (Å²) in [5.41, 5.74) is -0.357. The van der Waals surface area contributed by atoms with Crippen LogP contribution in [0, 0.1) is 23.3 Å². The third-order valence-electron chi connectivity index (χ3n) is 2.83. The molecule has 6 heteroatoms. The summed E-state index contributed by atoms with van der Waals surface area (Å²) in [6.07, 6.45) is 0. The highest BCUT2D eigenvalue weighted by Crippen LogP contribution is 2.35. The third-order valence-corrected chi connectivity index (χ3v) is 3.23. The van der Waals surface area contributed by atoms with Crippen molar-refractivity contribution in [3.63, 3.8) is 0 Å². The van der Waals surface area contributed by atoms with Crippen LogP contribution < -0.4 is 0 Å². The third kappa shape index (κ3) is 1.58. The largest absolute Gasteiger partial charge is 0.244 e. The summed E-state index contributed by atoms with van der Waals surface area (Å²) in [5.74, 6) is -6.90. The number of fused-ring (bicyclic) bond motifs is 2. The topological polar surface area (TPSA) is 12.9 Å². The minimum absolute atomic E-state index is 0.198. The smallest absolute Gasteiger partial charge is 0.199 e. The highest BCUT2D eigenvalue weighted by atomic mass is 35.5. The number of para-hydroxylation sites is 1. The van der Waals surface area contributed by atoms with E-state index in [4.69, 9.17) is 11.6 Å². The fourth-order valence-corrected chi connectivity index (χ4v) is 2.27. The van der Waals surface area contributed by atoms with Crippen LogP contribution in [0.4, 0.5) is 17.6 Å². The van der Waals surface area contributed by atoms with Gasteiger partial charge in [0.25, 0.3) is 0 Å². The Morgan fingerprint density at radius 3 is 2.21 bits per heavy atom. The first-order chi connectivity index (χ1) is 9.02. The van der Waals surface area contributed by atoms with Gasteiger partial charge in [-0.15, -0.1) is 0 Å². The molecule has 96 valence electrons. The highest BCUT2D eigenvalue weighted by Gasteiger charge is 2.24. The lowest BCUT2D eigenvalue weighted by Crippen LogP contribution is -2.00. The van der Waals surface area contributed by atoms with E-state index in [1.54, 1.807) is 12.1 Å². The molecule has 0 aliphatic carbocycles. The van der Waals surface area contributed by atoms with Crippen molar-refractivity contribution in [1.29, 1.82) is 0 Å². The highest BCUT2D eigenvalue weighted by molar-refractivity contribution is 6.40. The van der Waals surface area contributed by atoms with Gasteiger partial charge in [0.05, 0.1) is 15.9 Å². The SMILES string of the molecule is Fc1c(F)c(F)c2c(Cl)c3ccccc3nc2c1F. The zero-order chi connectivity index (χ0) is 13.7.